The second kappa shape index (κ2) is 2.10. The molecule has 0 bridgehead atoms. The van der Waals surface area contributed by atoms with Gasteiger partial charge < -0.3 is 5.73 Å². The van der Waals surface area contributed by atoms with Gasteiger partial charge >= 0.3 is 0 Å². The first kappa shape index (κ1) is 6.42. The fraction of sp³-hybridized carbons (Fsp3) is 0. The van der Waals surface area contributed by atoms with Gasteiger partial charge in [-0.3, -0.25) is 0 Å². The first-order valence-electron chi connectivity index (χ1n) is 3.02. The zero-order chi connectivity index (χ0) is 7.84. The van der Waals surface area contributed by atoms with Crippen LogP contribution in [-0.2, 0) is 0 Å². The van der Waals surface area contributed by atoms with Crippen molar-refractivity contribution < 1.29 is 0 Å². The highest BCUT2D eigenvalue weighted by Gasteiger charge is 1.97. The number of anilines is 1. The summed E-state index contributed by atoms with van der Waals surface area (Å²) in [7, 11) is 0. The van der Waals surface area contributed by atoms with E-state index >= 15 is 0 Å². The van der Waals surface area contributed by atoms with Crippen molar-refractivity contribution in [2.75, 3.05) is 5.73 Å². The summed E-state index contributed by atoms with van der Waals surface area (Å²) >= 11 is 5.66. The molecule has 2 N–H and O–H groups in total. The van der Waals surface area contributed by atoms with Gasteiger partial charge in [0.1, 0.15) is 5.82 Å². The molecule has 4 nitrogen and oxygen atoms in total. The highest BCUT2D eigenvalue weighted by atomic mass is 35.5. The maximum Gasteiger partial charge on any atom is 0.157 e. The predicted octanol–water partition coefficient (Wildman–Crippen LogP) is 0.965. The van der Waals surface area contributed by atoms with Crippen LogP contribution in [0.1, 0.15) is 0 Å². The molecule has 0 saturated carbocycles. The van der Waals surface area contributed by atoms with Gasteiger partial charge in [-0.15, -0.1) is 5.10 Å². The average molecular weight is 169 g/mol. The number of nitrogens with two attached hydrogens (primary N) is 1. The third-order valence-electron chi connectivity index (χ3n) is 1.30. The lowest BCUT2D eigenvalue weighted by molar-refractivity contribution is 0.945. The van der Waals surface area contributed by atoms with Crippen molar-refractivity contribution in [1.82, 2.24) is 14.6 Å². The highest BCUT2D eigenvalue weighted by molar-refractivity contribution is 6.30. The summed E-state index contributed by atoms with van der Waals surface area (Å²) in [4.78, 5) is 3.99. The van der Waals surface area contributed by atoms with Crippen LogP contribution in [0.5, 0.6) is 0 Å². The number of halogens is 1. The SMILES string of the molecule is Nc1cc2ncc(Cl)cn2n1. The van der Waals surface area contributed by atoms with Gasteiger partial charge in [0.15, 0.2) is 5.65 Å². The van der Waals surface area contributed by atoms with Crippen molar-refractivity contribution >= 4 is 23.1 Å². The van der Waals surface area contributed by atoms with Crippen molar-refractivity contribution in [2.24, 2.45) is 0 Å². The van der Waals surface area contributed by atoms with E-state index in [0.29, 0.717) is 16.5 Å². The Morgan fingerprint density at radius 2 is 2.36 bits per heavy atom. The molecule has 0 saturated heterocycles. The Morgan fingerprint density at radius 1 is 1.55 bits per heavy atom. The maximum absolute atomic E-state index is 5.66. The van der Waals surface area contributed by atoms with Crippen LogP contribution in [0.3, 0.4) is 0 Å². The van der Waals surface area contributed by atoms with E-state index < -0.39 is 0 Å². The van der Waals surface area contributed by atoms with E-state index in [4.69, 9.17) is 17.3 Å². The molecule has 0 aliphatic rings. The lowest BCUT2D eigenvalue weighted by Gasteiger charge is -1.90. The molecule has 56 valence electrons. The van der Waals surface area contributed by atoms with Crippen LogP contribution in [0.25, 0.3) is 5.65 Å². The number of nitrogens with zero attached hydrogens (tertiary/aromatic N) is 3. The van der Waals surface area contributed by atoms with Gasteiger partial charge in [0.25, 0.3) is 0 Å². The third-order valence-corrected chi connectivity index (χ3v) is 1.50. The van der Waals surface area contributed by atoms with Crippen molar-refractivity contribution in [3.63, 3.8) is 0 Å². The molecule has 0 aliphatic heterocycles. The zero-order valence-electron chi connectivity index (χ0n) is 5.53. The lowest BCUT2D eigenvalue weighted by Crippen LogP contribution is -1.89. The molecule has 0 radical (unpaired) electrons. The summed E-state index contributed by atoms with van der Waals surface area (Å²) < 4.78 is 1.54. The molecule has 2 rings (SSSR count). The molecule has 5 heteroatoms. The van der Waals surface area contributed by atoms with Crippen LogP contribution >= 0.6 is 11.6 Å². The Labute approximate surface area is 67.6 Å². The number of rotatable bonds is 0. The van der Waals surface area contributed by atoms with E-state index in [1.165, 1.54) is 4.52 Å². The second-order valence-electron chi connectivity index (χ2n) is 2.14. The molecule has 2 aromatic heterocycles. The van der Waals surface area contributed by atoms with Gasteiger partial charge in [-0.1, -0.05) is 11.6 Å². The van der Waals surface area contributed by atoms with Crippen LogP contribution in [0.4, 0.5) is 5.82 Å². The molecular formula is C6H5ClN4. The minimum absolute atomic E-state index is 0.444. The standard InChI is InChI=1S/C6H5ClN4/c7-4-2-9-6-1-5(8)10-11(6)3-4/h1-3H,(H2,8,10). The van der Waals surface area contributed by atoms with E-state index in [0.717, 1.165) is 0 Å². The summed E-state index contributed by atoms with van der Waals surface area (Å²) in [6.07, 6.45) is 3.21. The van der Waals surface area contributed by atoms with Crippen molar-refractivity contribution in [3.8, 4) is 0 Å². The number of hydrogen-bond acceptors (Lipinski definition) is 3. The lowest BCUT2D eigenvalue weighted by atomic mass is 10.6. The molecule has 0 unspecified atom stereocenters. The topological polar surface area (TPSA) is 56.2 Å². The molecule has 0 atom stereocenters. The molecule has 11 heavy (non-hydrogen) atoms. The van der Waals surface area contributed by atoms with Crippen LogP contribution in [0.2, 0.25) is 5.02 Å². The summed E-state index contributed by atoms with van der Waals surface area (Å²) in [5, 5.41) is 4.46. The quantitative estimate of drug-likeness (QED) is 0.638. The first-order chi connectivity index (χ1) is 5.25. The summed E-state index contributed by atoms with van der Waals surface area (Å²) in [6, 6.07) is 1.68. The van der Waals surface area contributed by atoms with Gasteiger partial charge in [-0.25, -0.2) is 9.50 Å². The molecule has 0 amide bonds. The third kappa shape index (κ3) is 1.01. The van der Waals surface area contributed by atoms with Crippen LogP contribution < -0.4 is 5.73 Å². The van der Waals surface area contributed by atoms with E-state index in [-0.39, 0.29) is 0 Å². The molecule has 0 fully saturated rings. The zero-order valence-corrected chi connectivity index (χ0v) is 6.28. The molecule has 0 spiro atoms. The normalized spacial score (nSPS) is 10.6. The van der Waals surface area contributed by atoms with Gasteiger partial charge in [-0.2, -0.15) is 0 Å². The number of nitrogen functional groups attached to an aromatic ring is 1. The van der Waals surface area contributed by atoms with E-state index in [1.807, 2.05) is 0 Å². The molecule has 0 aliphatic carbocycles. The minimum atomic E-state index is 0.444. The highest BCUT2D eigenvalue weighted by Crippen LogP contribution is 2.09. The summed E-state index contributed by atoms with van der Waals surface area (Å²) in [6.45, 7) is 0. The maximum atomic E-state index is 5.66. The van der Waals surface area contributed by atoms with Crippen LogP contribution in [0, 0.1) is 0 Å². The average Bonchev–Trinajstić information content (AvgIpc) is 2.27. The monoisotopic (exact) mass is 168 g/mol. The Balaban J connectivity index is 2.82. The van der Waals surface area contributed by atoms with Gasteiger partial charge in [0.2, 0.25) is 0 Å². The molecule has 2 aromatic rings. The Kier molecular flexibility index (Phi) is 1.22. The predicted molar refractivity (Wildman–Crippen MR) is 42.4 cm³/mol. The van der Waals surface area contributed by atoms with Crippen molar-refractivity contribution in [2.45, 2.75) is 0 Å². The van der Waals surface area contributed by atoms with Gasteiger partial charge in [-0.05, 0) is 0 Å². The van der Waals surface area contributed by atoms with E-state index in [9.17, 15) is 0 Å². The number of hydrogen-bond donors (Lipinski definition) is 1. The fourth-order valence-corrected chi connectivity index (χ4v) is 1.01. The Morgan fingerprint density at radius 3 is 3.18 bits per heavy atom. The minimum Gasteiger partial charge on any atom is -0.382 e. The molecule has 2 heterocycles. The number of fused-ring (bicyclic) bond motifs is 1. The fourth-order valence-electron chi connectivity index (χ4n) is 0.872. The smallest absolute Gasteiger partial charge is 0.157 e. The second-order valence-corrected chi connectivity index (χ2v) is 2.58. The Hall–Kier alpha value is -1.29. The molecular weight excluding hydrogens is 164 g/mol. The van der Waals surface area contributed by atoms with E-state index in [1.54, 1.807) is 18.5 Å². The summed E-state index contributed by atoms with van der Waals surface area (Å²) in [5.41, 5.74) is 6.13. The van der Waals surface area contributed by atoms with E-state index in [2.05, 4.69) is 10.1 Å². The van der Waals surface area contributed by atoms with Crippen molar-refractivity contribution in [1.29, 1.82) is 0 Å². The van der Waals surface area contributed by atoms with Gasteiger partial charge in [0.05, 0.1) is 11.2 Å². The first-order valence-corrected chi connectivity index (χ1v) is 3.40. The van der Waals surface area contributed by atoms with Gasteiger partial charge in [0, 0.05) is 12.3 Å². The van der Waals surface area contributed by atoms with Crippen LogP contribution in [0.15, 0.2) is 18.5 Å². The Bertz CT molecular complexity index is 394. The van der Waals surface area contributed by atoms with Crippen molar-refractivity contribution in [3.05, 3.63) is 23.5 Å². The largest absolute Gasteiger partial charge is 0.382 e. The number of aromatic nitrogens is 3. The molecule has 0 aromatic carbocycles. The summed E-state index contributed by atoms with van der Waals surface area (Å²) in [5.74, 6) is 0.444. The van der Waals surface area contributed by atoms with Crippen LogP contribution in [-0.4, -0.2) is 14.6 Å².